The van der Waals surface area contributed by atoms with Crippen molar-refractivity contribution < 1.29 is 24.1 Å². The van der Waals surface area contributed by atoms with Crippen LogP contribution in [0.15, 0.2) is 18.2 Å². The van der Waals surface area contributed by atoms with E-state index in [2.05, 4.69) is 5.32 Å². The number of hydrogen-bond donors (Lipinski definition) is 2. The zero-order valence-electron chi connectivity index (χ0n) is 16.2. The highest BCUT2D eigenvalue weighted by molar-refractivity contribution is 5.86. The van der Waals surface area contributed by atoms with E-state index in [0.717, 1.165) is 38.0 Å². The van der Waals surface area contributed by atoms with Crippen LogP contribution in [-0.4, -0.2) is 68.1 Å². The molecule has 0 saturated carbocycles. The molecule has 1 unspecified atom stereocenters. The SMILES string of the molecule is COc1cccc(CN2CCCC(O)(CNC3CCOCC3)C2=O)c1OC. The lowest BCUT2D eigenvalue weighted by Gasteiger charge is -2.39. The highest BCUT2D eigenvalue weighted by atomic mass is 16.5. The van der Waals surface area contributed by atoms with Gasteiger partial charge in [-0.3, -0.25) is 4.79 Å². The van der Waals surface area contributed by atoms with E-state index in [-0.39, 0.29) is 12.5 Å². The van der Waals surface area contributed by atoms with Crippen LogP contribution >= 0.6 is 0 Å². The summed E-state index contributed by atoms with van der Waals surface area (Å²) in [5, 5.41) is 14.4. The summed E-state index contributed by atoms with van der Waals surface area (Å²) in [5.74, 6) is 1.04. The predicted octanol–water partition coefficient (Wildman–Crippen LogP) is 1.33. The molecule has 0 aliphatic carbocycles. The summed E-state index contributed by atoms with van der Waals surface area (Å²) in [5.41, 5.74) is -0.491. The van der Waals surface area contributed by atoms with Gasteiger partial charge < -0.3 is 29.5 Å². The van der Waals surface area contributed by atoms with Gasteiger partial charge in [0.2, 0.25) is 0 Å². The Balaban J connectivity index is 1.67. The third-order valence-electron chi connectivity index (χ3n) is 5.45. The van der Waals surface area contributed by atoms with Crippen molar-refractivity contribution in [2.75, 3.05) is 40.5 Å². The quantitative estimate of drug-likeness (QED) is 0.745. The normalized spacial score (nSPS) is 24.1. The number of hydrogen-bond acceptors (Lipinski definition) is 6. The van der Waals surface area contributed by atoms with Crippen molar-refractivity contribution in [3.8, 4) is 11.5 Å². The number of nitrogens with one attached hydrogen (secondary N) is 1. The summed E-state index contributed by atoms with van der Waals surface area (Å²) in [6.45, 7) is 2.75. The van der Waals surface area contributed by atoms with Crippen LogP contribution in [0.2, 0.25) is 0 Å². The molecule has 1 amide bonds. The van der Waals surface area contributed by atoms with Gasteiger partial charge in [-0.15, -0.1) is 0 Å². The highest BCUT2D eigenvalue weighted by Gasteiger charge is 2.42. The van der Waals surface area contributed by atoms with Crippen LogP contribution in [0.1, 0.15) is 31.2 Å². The molecule has 150 valence electrons. The second kappa shape index (κ2) is 8.91. The Bertz CT molecular complexity index is 647. The first kappa shape index (κ1) is 19.9. The van der Waals surface area contributed by atoms with E-state index in [0.29, 0.717) is 37.1 Å². The monoisotopic (exact) mass is 378 g/mol. The van der Waals surface area contributed by atoms with Crippen molar-refractivity contribution in [3.63, 3.8) is 0 Å². The average molecular weight is 378 g/mol. The van der Waals surface area contributed by atoms with Gasteiger partial charge in [0.25, 0.3) is 5.91 Å². The first-order valence-corrected chi connectivity index (χ1v) is 9.60. The molecular weight excluding hydrogens is 348 g/mol. The molecule has 2 fully saturated rings. The summed E-state index contributed by atoms with van der Waals surface area (Å²) in [6, 6.07) is 5.92. The van der Waals surface area contributed by atoms with Crippen LogP contribution in [0.25, 0.3) is 0 Å². The summed E-state index contributed by atoms with van der Waals surface area (Å²) in [6.07, 6.45) is 3.07. The molecule has 0 bridgehead atoms. The van der Waals surface area contributed by atoms with E-state index in [1.54, 1.807) is 19.1 Å². The number of nitrogens with zero attached hydrogens (tertiary/aromatic N) is 1. The average Bonchev–Trinajstić information content (AvgIpc) is 2.70. The second-order valence-corrected chi connectivity index (χ2v) is 7.28. The van der Waals surface area contributed by atoms with Crippen LogP contribution in [0.3, 0.4) is 0 Å². The Morgan fingerprint density at radius 1 is 1.30 bits per heavy atom. The Labute approximate surface area is 160 Å². The topological polar surface area (TPSA) is 80.3 Å². The minimum Gasteiger partial charge on any atom is -0.493 e. The van der Waals surface area contributed by atoms with Gasteiger partial charge in [0.1, 0.15) is 0 Å². The summed E-state index contributed by atoms with van der Waals surface area (Å²) in [7, 11) is 3.18. The van der Waals surface area contributed by atoms with Crippen molar-refractivity contribution in [2.24, 2.45) is 0 Å². The zero-order chi connectivity index (χ0) is 19.3. The van der Waals surface area contributed by atoms with Crippen LogP contribution in [0.4, 0.5) is 0 Å². The Morgan fingerprint density at radius 2 is 2.07 bits per heavy atom. The van der Waals surface area contributed by atoms with Gasteiger partial charge in [-0.25, -0.2) is 0 Å². The molecule has 1 atom stereocenters. The number of rotatable bonds is 7. The van der Waals surface area contributed by atoms with Crippen LogP contribution in [-0.2, 0) is 16.1 Å². The molecule has 0 aromatic heterocycles. The minimum atomic E-state index is -1.36. The van der Waals surface area contributed by atoms with Gasteiger partial charge in [-0.2, -0.15) is 0 Å². The van der Waals surface area contributed by atoms with E-state index in [9.17, 15) is 9.90 Å². The van der Waals surface area contributed by atoms with E-state index in [4.69, 9.17) is 14.2 Å². The first-order valence-electron chi connectivity index (χ1n) is 9.60. The molecule has 7 heteroatoms. The van der Waals surface area contributed by atoms with Crippen molar-refractivity contribution in [3.05, 3.63) is 23.8 Å². The third kappa shape index (κ3) is 4.54. The summed E-state index contributed by atoms with van der Waals surface area (Å²) >= 11 is 0. The van der Waals surface area contributed by atoms with E-state index >= 15 is 0 Å². The maximum atomic E-state index is 13.0. The Kier molecular flexibility index (Phi) is 6.57. The Hall–Kier alpha value is -1.83. The number of carbonyl (C=O) groups is 1. The molecule has 0 radical (unpaired) electrons. The largest absolute Gasteiger partial charge is 0.493 e. The lowest BCUT2D eigenvalue weighted by Crippen LogP contribution is -2.59. The van der Waals surface area contributed by atoms with Crippen molar-refractivity contribution in [2.45, 2.75) is 43.9 Å². The number of carbonyl (C=O) groups excluding carboxylic acids is 1. The molecule has 2 aliphatic heterocycles. The molecule has 27 heavy (non-hydrogen) atoms. The number of piperidine rings is 1. The van der Waals surface area contributed by atoms with Gasteiger partial charge in [-0.05, 0) is 31.7 Å². The van der Waals surface area contributed by atoms with Crippen molar-refractivity contribution >= 4 is 5.91 Å². The van der Waals surface area contributed by atoms with Gasteiger partial charge in [-0.1, -0.05) is 12.1 Å². The Morgan fingerprint density at radius 3 is 2.78 bits per heavy atom. The van der Waals surface area contributed by atoms with Crippen LogP contribution in [0, 0.1) is 0 Å². The fraction of sp³-hybridized carbons (Fsp3) is 0.650. The van der Waals surface area contributed by atoms with Gasteiger partial charge in [0.15, 0.2) is 17.1 Å². The highest BCUT2D eigenvalue weighted by Crippen LogP contribution is 2.33. The third-order valence-corrected chi connectivity index (χ3v) is 5.45. The van der Waals surface area contributed by atoms with Crippen molar-refractivity contribution in [1.82, 2.24) is 10.2 Å². The molecule has 1 aromatic rings. The lowest BCUT2D eigenvalue weighted by atomic mass is 9.90. The number of likely N-dealkylation sites (tertiary alicyclic amines) is 1. The fourth-order valence-electron chi connectivity index (χ4n) is 3.88. The summed E-state index contributed by atoms with van der Waals surface area (Å²) < 4.78 is 16.2. The number of para-hydroxylation sites is 1. The molecule has 2 saturated heterocycles. The number of aliphatic hydroxyl groups is 1. The smallest absolute Gasteiger partial charge is 0.256 e. The first-order chi connectivity index (χ1) is 13.1. The molecule has 2 N–H and O–H groups in total. The number of amides is 1. The van der Waals surface area contributed by atoms with Gasteiger partial charge in [0.05, 0.1) is 14.2 Å². The molecule has 2 aliphatic rings. The van der Waals surface area contributed by atoms with Crippen LogP contribution < -0.4 is 14.8 Å². The second-order valence-electron chi connectivity index (χ2n) is 7.28. The molecule has 3 rings (SSSR count). The van der Waals surface area contributed by atoms with E-state index < -0.39 is 5.60 Å². The minimum absolute atomic E-state index is 0.224. The summed E-state index contributed by atoms with van der Waals surface area (Å²) in [4.78, 5) is 14.7. The predicted molar refractivity (Wildman–Crippen MR) is 101 cm³/mol. The van der Waals surface area contributed by atoms with Crippen LogP contribution in [0.5, 0.6) is 11.5 Å². The molecule has 2 heterocycles. The van der Waals surface area contributed by atoms with E-state index in [1.165, 1.54) is 0 Å². The van der Waals surface area contributed by atoms with E-state index in [1.807, 2.05) is 18.2 Å². The maximum Gasteiger partial charge on any atom is 0.256 e. The number of methoxy groups -OCH3 is 2. The molecule has 0 spiro atoms. The molecule has 1 aromatic carbocycles. The van der Waals surface area contributed by atoms with Crippen molar-refractivity contribution in [1.29, 1.82) is 0 Å². The zero-order valence-corrected chi connectivity index (χ0v) is 16.2. The maximum absolute atomic E-state index is 13.0. The molecular formula is C20H30N2O5. The standard InChI is InChI=1S/C20H30N2O5/c1-25-17-6-3-5-15(18(17)26-2)13-22-10-4-9-20(24,19(22)23)14-21-16-7-11-27-12-8-16/h3,5-6,16,21,24H,4,7-14H2,1-2H3. The lowest BCUT2D eigenvalue weighted by molar-refractivity contribution is -0.157. The molecule has 7 nitrogen and oxygen atoms in total. The van der Waals surface area contributed by atoms with Gasteiger partial charge in [0, 0.05) is 44.5 Å². The number of benzene rings is 1. The number of ether oxygens (including phenoxy) is 3. The van der Waals surface area contributed by atoms with Gasteiger partial charge >= 0.3 is 0 Å². The fourth-order valence-corrected chi connectivity index (χ4v) is 3.88.